The van der Waals surface area contributed by atoms with Gasteiger partial charge in [0.15, 0.2) is 0 Å². The summed E-state index contributed by atoms with van der Waals surface area (Å²) in [4.78, 5) is 11.4. The Kier molecular flexibility index (Phi) is 3.69. The molecule has 1 aromatic carbocycles. The van der Waals surface area contributed by atoms with Gasteiger partial charge in [-0.1, -0.05) is 0 Å². The van der Waals surface area contributed by atoms with E-state index in [0.717, 1.165) is 0 Å². The highest BCUT2D eigenvalue weighted by Gasteiger charge is 2.19. The first-order valence-corrected chi connectivity index (χ1v) is 4.80. The van der Waals surface area contributed by atoms with E-state index >= 15 is 0 Å². The van der Waals surface area contributed by atoms with E-state index in [1.165, 1.54) is 20.3 Å². The fourth-order valence-electron chi connectivity index (χ4n) is 1.11. The van der Waals surface area contributed by atoms with Gasteiger partial charge in [-0.05, 0) is 28.1 Å². The van der Waals surface area contributed by atoms with E-state index in [2.05, 4.69) is 20.7 Å². The molecule has 0 aliphatic rings. The highest BCUT2D eigenvalue weighted by molar-refractivity contribution is 9.10. The highest BCUT2D eigenvalue weighted by Crippen LogP contribution is 2.31. The molecule has 4 nitrogen and oxygen atoms in total. The summed E-state index contributed by atoms with van der Waals surface area (Å²) < 4.78 is 10.0. The lowest BCUT2D eigenvalue weighted by Gasteiger charge is -2.08. The molecule has 1 rings (SSSR count). The fourth-order valence-corrected chi connectivity index (χ4v) is 1.78. The van der Waals surface area contributed by atoms with Crippen molar-refractivity contribution in [3.63, 3.8) is 0 Å². The normalized spacial score (nSPS) is 9.20. The quantitative estimate of drug-likeness (QED) is 0.772. The van der Waals surface area contributed by atoms with E-state index in [1.807, 2.05) is 6.07 Å². The van der Waals surface area contributed by atoms with Gasteiger partial charge in [0.2, 0.25) is 0 Å². The van der Waals surface area contributed by atoms with Crippen LogP contribution in [0.5, 0.6) is 5.75 Å². The van der Waals surface area contributed by atoms with Crippen molar-refractivity contribution in [1.29, 1.82) is 5.26 Å². The number of nitriles is 1. The average molecular weight is 270 g/mol. The molecule has 0 aliphatic carbocycles. The van der Waals surface area contributed by atoms with Crippen LogP contribution in [0.15, 0.2) is 16.6 Å². The number of hydrogen-bond acceptors (Lipinski definition) is 4. The molecule has 0 aliphatic heterocycles. The van der Waals surface area contributed by atoms with Crippen molar-refractivity contribution in [1.82, 2.24) is 0 Å². The summed E-state index contributed by atoms with van der Waals surface area (Å²) in [7, 11) is 2.74. The number of methoxy groups -OCH3 is 2. The van der Waals surface area contributed by atoms with Crippen molar-refractivity contribution < 1.29 is 14.3 Å². The third-order valence-electron chi connectivity index (χ3n) is 1.84. The van der Waals surface area contributed by atoms with E-state index < -0.39 is 5.97 Å². The largest absolute Gasteiger partial charge is 0.496 e. The number of halogens is 1. The molecule has 0 atom stereocenters. The molecule has 1 aromatic rings. The minimum absolute atomic E-state index is 0.180. The molecule has 78 valence electrons. The van der Waals surface area contributed by atoms with Gasteiger partial charge in [-0.25, -0.2) is 4.79 Å². The van der Waals surface area contributed by atoms with Gasteiger partial charge >= 0.3 is 5.97 Å². The Labute approximate surface area is 95.5 Å². The van der Waals surface area contributed by atoms with Crippen LogP contribution >= 0.6 is 15.9 Å². The third kappa shape index (κ3) is 2.10. The minimum atomic E-state index is -0.572. The van der Waals surface area contributed by atoms with Crippen molar-refractivity contribution in [2.75, 3.05) is 14.2 Å². The van der Waals surface area contributed by atoms with Crippen LogP contribution < -0.4 is 4.74 Å². The monoisotopic (exact) mass is 269 g/mol. The summed E-state index contributed by atoms with van der Waals surface area (Å²) in [5.74, 6) is -0.0910. The minimum Gasteiger partial charge on any atom is -0.496 e. The first-order chi connectivity index (χ1) is 7.15. The first-order valence-electron chi connectivity index (χ1n) is 4.00. The Morgan fingerprint density at radius 1 is 1.47 bits per heavy atom. The zero-order valence-electron chi connectivity index (χ0n) is 8.20. The Hall–Kier alpha value is -1.54. The van der Waals surface area contributed by atoms with Gasteiger partial charge in [0.25, 0.3) is 0 Å². The molecule has 0 heterocycles. The fraction of sp³-hybridized carbons (Fsp3) is 0.200. The second kappa shape index (κ2) is 4.80. The Morgan fingerprint density at radius 2 is 2.13 bits per heavy atom. The number of hydrogen-bond donors (Lipinski definition) is 0. The predicted octanol–water partition coefficient (Wildman–Crippen LogP) is 2.12. The summed E-state index contributed by atoms with van der Waals surface area (Å²) in [5.41, 5.74) is 0.425. The first kappa shape index (κ1) is 11.5. The van der Waals surface area contributed by atoms with Crippen LogP contribution in [0.25, 0.3) is 0 Å². The molecule has 0 unspecified atom stereocenters. The SMILES string of the molecule is COC(=O)c1c(C#N)ccc(OC)c1Br. The molecule has 5 heteroatoms. The molecule has 0 fully saturated rings. The second-order valence-electron chi connectivity index (χ2n) is 2.61. The molecule has 0 radical (unpaired) electrons. The van der Waals surface area contributed by atoms with Gasteiger partial charge in [-0.2, -0.15) is 5.26 Å². The van der Waals surface area contributed by atoms with Crippen LogP contribution in [-0.2, 0) is 4.74 Å². The molecule has 0 saturated carbocycles. The van der Waals surface area contributed by atoms with E-state index in [9.17, 15) is 4.79 Å². The number of rotatable bonds is 2. The highest BCUT2D eigenvalue weighted by atomic mass is 79.9. The van der Waals surface area contributed by atoms with Crippen LogP contribution in [0.4, 0.5) is 0 Å². The van der Waals surface area contributed by atoms with E-state index in [4.69, 9.17) is 10.00 Å². The van der Waals surface area contributed by atoms with E-state index in [0.29, 0.717) is 10.2 Å². The van der Waals surface area contributed by atoms with Gasteiger partial charge in [-0.15, -0.1) is 0 Å². The summed E-state index contributed by atoms with van der Waals surface area (Å²) in [5, 5.41) is 8.83. The standard InChI is InChI=1S/C10H8BrNO3/c1-14-7-4-3-6(5-12)8(9(7)11)10(13)15-2/h3-4H,1-2H3. The van der Waals surface area contributed by atoms with E-state index in [1.54, 1.807) is 6.07 Å². The lowest BCUT2D eigenvalue weighted by Crippen LogP contribution is -2.06. The number of carbonyl (C=O) groups is 1. The topological polar surface area (TPSA) is 59.3 Å². The lowest BCUT2D eigenvalue weighted by molar-refractivity contribution is 0.0599. The van der Waals surface area contributed by atoms with Gasteiger partial charge in [0, 0.05) is 0 Å². The van der Waals surface area contributed by atoms with Crippen LogP contribution in [0.3, 0.4) is 0 Å². The maximum atomic E-state index is 11.4. The number of ether oxygens (including phenoxy) is 2. The van der Waals surface area contributed by atoms with Gasteiger partial charge < -0.3 is 9.47 Å². The number of carbonyl (C=O) groups excluding carboxylic acids is 1. The van der Waals surface area contributed by atoms with Crippen LogP contribution in [0.2, 0.25) is 0 Å². The van der Waals surface area contributed by atoms with Crippen LogP contribution in [-0.4, -0.2) is 20.2 Å². The van der Waals surface area contributed by atoms with Crippen molar-refractivity contribution in [3.8, 4) is 11.8 Å². The second-order valence-corrected chi connectivity index (χ2v) is 3.40. The van der Waals surface area contributed by atoms with Gasteiger partial charge in [-0.3, -0.25) is 0 Å². The van der Waals surface area contributed by atoms with Crippen molar-refractivity contribution in [3.05, 3.63) is 27.7 Å². The number of nitrogens with zero attached hydrogens (tertiary/aromatic N) is 1. The molecule has 0 aromatic heterocycles. The maximum Gasteiger partial charge on any atom is 0.340 e. The molecule has 15 heavy (non-hydrogen) atoms. The van der Waals surface area contributed by atoms with Crippen LogP contribution in [0.1, 0.15) is 15.9 Å². The smallest absolute Gasteiger partial charge is 0.340 e. The molecule has 0 N–H and O–H groups in total. The van der Waals surface area contributed by atoms with E-state index in [-0.39, 0.29) is 11.1 Å². The number of esters is 1. The molecular weight excluding hydrogens is 262 g/mol. The third-order valence-corrected chi connectivity index (χ3v) is 2.62. The predicted molar refractivity (Wildman–Crippen MR) is 56.7 cm³/mol. The summed E-state index contributed by atoms with van der Waals surface area (Å²) in [6, 6.07) is 5.03. The zero-order chi connectivity index (χ0) is 11.4. The molecule has 0 amide bonds. The van der Waals surface area contributed by atoms with Gasteiger partial charge in [0.1, 0.15) is 11.8 Å². The van der Waals surface area contributed by atoms with Crippen LogP contribution in [0, 0.1) is 11.3 Å². The summed E-state index contributed by atoms with van der Waals surface area (Å²) in [6.07, 6.45) is 0. The zero-order valence-corrected chi connectivity index (χ0v) is 9.79. The molecule has 0 spiro atoms. The Balaban J connectivity index is 3.44. The van der Waals surface area contributed by atoms with Crippen molar-refractivity contribution in [2.24, 2.45) is 0 Å². The Morgan fingerprint density at radius 3 is 2.60 bits per heavy atom. The molecular formula is C10H8BrNO3. The van der Waals surface area contributed by atoms with Crippen molar-refractivity contribution >= 4 is 21.9 Å². The average Bonchev–Trinajstić information content (AvgIpc) is 2.27. The molecule has 0 bridgehead atoms. The van der Waals surface area contributed by atoms with Gasteiger partial charge in [0.05, 0.1) is 29.8 Å². The summed E-state index contributed by atoms with van der Waals surface area (Å²) in [6.45, 7) is 0. The number of benzene rings is 1. The maximum absolute atomic E-state index is 11.4. The Bertz CT molecular complexity index is 437. The van der Waals surface area contributed by atoms with Crippen molar-refractivity contribution in [2.45, 2.75) is 0 Å². The lowest BCUT2D eigenvalue weighted by atomic mass is 10.1. The molecule has 0 saturated heterocycles. The summed E-state index contributed by atoms with van der Waals surface area (Å²) >= 11 is 3.20.